The van der Waals surface area contributed by atoms with Crippen LogP contribution in [0.15, 0.2) is 70.9 Å². The molecule has 152 valence electrons. The standard InChI is InChI=1S/C21H21ClN2O2S3/c1-16-4-8-18(9-5-16)23-21(27)24(15-19-3-2-13-28-19)12-14-29(25,26)20-10-6-17(22)7-11-20/h2-11,13H,12,14-15H2,1H3,(H,23,27). The number of thiophene rings is 1. The first kappa shape index (κ1) is 21.8. The van der Waals surface area contributed by atoms with Crippen LogP contribution in [0, 0.1) is 6.92 Å². The van der Waals surface area contributed by atoms with E-state index in [1.807, 2.05) is 53.6 Å². The lowest BCUT2D eigenvalue weighted by atomic mass is 10.2. The summed E-state index contributed by atoms with van der Waals surface area (Å²) in [6.07, 6.45) is 0. The Hall–Kier alpha value is -1.93. The molecule has 3 rings (SSSR count). The van der Waals surface area contributed by atoms with Crippen LogP contribution in [0.1, 0.15) is 10.4 Å². The van der Waals surface area contributed by atoms with Gasteiger partial charge in [0, 0.05) is 22.1 Å². The van der Waals surface area contributed by atoms with E-state index in [1.54, 1.807) is 23.5 Å². The highest BCUT2D eigenvalue weighted by molar-refractivity contribution is 7.91. The van der Waals surface area contributed by atoms with Crippen LogP contribution in [0.4, 0.5) is 5.69 Å². The Morgan fingerprint density at radius 1 is 1.10 bits per heavy atom. The molecule has 0 aliphatic carbocycles. The minimum Gasteiger partial charge on any atom is -0.343 e. The maximum atomic E-state index is 12.7. The first-order valence-electron chi connectivity index (χ1n) is 8.97. The fourth-order valence-electron chi connectivity index (χ4n) is 2.67. The van der Waals surface area contributed by atoms with Gasteiger partial charge in [0.2, 0.25) is 0 Å². The number of halogens is 1. The minimum atomic E-state index is -3.45. The molecule has 29 heavy (non-hydrogen) atoms. The molecule has 0 saturated carbocycles. The third-order valence-electron chi connectivity index (χ3n) is 4.32. The van der Waals surface area contributed by atoms with Crippen molar-refractivity contribution in [1.82, 2.24) is 4.90 Å². The van der Waals surface area contributed by atoms with E-state index in [9.17, 15) is 8.42 Å². The number of aryl methyl sites for hydroxylation is 1. The Bertz CT molecular complexity index is 1050. The fourth-order valence-corrected chi connectivity index (χ4v) is 5.04. The molecule has 0 radical (unpaired) electrons. The Labute approximate surface area is 186 Å². The van der Waals surface area contributed by atoms with Crippen LogP contribution < -0.4 is 5.32 Å². The summed E-state index contributed by atoms with van der Waals surface area (Å²) >= 11 is 13.1. The van der Waals surface area contributed by atoms with E-state index >= 15 is 0 Å². The van der Waals surface area contributed by atoms with E-state index in [-0.39, 0.29) is 17.2 Å². The molecule has 0 amide bonds. The number of rotatable bonds is 7. The second kappa shape index (κ2) is 9.71. The van der Waals surface area contributed by atoms with Crippen molar-refractivity contribution in [3.63, 3.8) is 0 Å². The van der Waals surface area contributed by atoms with Crippen molar-refractivity contribution in [1.29, 1.82) is 0 Å². The minimum absolute atomic E-state index is 0.0459. The van der Waals surface area contributed by atoms with Crippen LogP contribution in [0.25, 0.3) is 0 Å². The van der Waals surface area contributed by atoms with Gasteiger partial charge in [0.1, 0.15) is 0 Å². The summed E-state index contributed by atoms with van der Waals surface area (Å²) in [4.78, 5) is 3.26. The number of hydrogen-bond donors (Lipinski definition) is 1. The van der Waals surface area contributed by atoms with Crippen LogP contribution in [0.2, 0.25) is 5.02 Å². The van der Waals surface area contributed by atoms with Gasteiger partial charge in [0.25, 0.3) is 0 Å². The maximum absolute atomic E-state index is 12.7. The summed E-state index contributed by atoms with van der Waals surface area (Å²) in [7, 11) is -3.45. The Morgan fingerprint density at radius 2 is 1.79 bits per heavy atom. The zero-order valence-electron chi connectivity index (χ0n) is 15.8. The van der Waals surface area contributed by atoms with Crippen molar-refractivity contribution < 1.29 is 8.42 Å². The molecule has 3 aromatic rings. The lowest BCUT2D eigenvalue weighted by molar-refractivity contribution is 0.444. The Morgan fingerprint density at radius 3 is 2.41 bits per heavy atom. The third-order valence-corrected chi connectivity index (χ3v) is 7.50. The van der Waals surface area contributed by atoms with Gasteiger partial charge in [-0.05, 0) is 67.0 Å². The largest absolute Gasteiger partial charge is 0.343 e. The molecule has 0 spiro atoms. The summed E-state index contributed by atoms with van der Waals surface area (Å²) in [5.74, 6) is -0.0459. The van der Waals surface area contributed by atoms with Gasteiger partial charge < -0.3 is 10.2 Å². The second-order valence-corrected chi connectivity index (χ2v) is 10.5. The zero-order chi connectivity index (χ0) is 20.9. The second-order valence-electron chi connectivity index (χ2n) is 6.57. The van der Waals surface area contributed by atoms with E-state index in [4.69, 9.17) is 23.8 Å². The molecule has 1 heterocycles. The summed E-state index contributed by atoms with van der Waals surface area (Å²) in [6, 6.07) is 18.1. The molecule has 0 fully saturated rings. The van der Waals surface area contributed by atoms with Gasteiger partial charge in [-0.2, -0.15) is 0 Å². The van der Waals surface area contributed by atoms with E-state index < -0.39 is 9.84 Å². The molecule has 4 nitrogen and oxygen atoms in total. The number of thiocarbonyl (C=S) groups is 1. The molecular weight excluding hydrogens is 444 g/mol. The number of nitrogens with zero attached hydrogens (tertiary/aromatic N) is 1. The normalized spacial score (nSPS) is 11.2. The molecule has 0 aliphatic heterocycles. The summed E-state index contributed by atoms with van der Waals surface area (Å²) < 4.78 is 25.5. The fraction of sp³-hybridized carbons (Fsp3) is 0.190. The van der Waals surface area contributed by atoms with Crippen LogP contribution >= 0.6 is 35.2 Å². The molecular formula is C21H21ClN2O2S3. The third kappa shape index (κ3) is 6.27. The number of benzene rings is 2. The summed E-state index contributed by atoms with van der Waals surface area (Å²) in [5.41, 5.74) is 2.03. The molecule has 0 saturated heterocycles. The van der Waals surface area contributed by atoms with Crippen LogP contribution in [0.5, 0.6) is 0 Å². The van der Waals surface area contributed by atoms with Crippen LogP contribution in [-0.4, -0.2) is 30.7 Å². The highest BCUT2D eigenvalue weighted by Crippen LogP contribution is 2.18. The molecule has 1 N–H and O–H groups in total. The number of nitrogens with one attached hydrogen (secondary N) is 1. The Kier molecular flexibility index (Phi) is 7.29. The predicted octanol–water partition coefficient (Wildman–Crippen LogP) is 5.38. The molecule has 0 aliphatic rings. The van der Waals surface area contributed by atoms with Crippen LogP contribution in [-0.2, 0) is 16.4 Å². The van der Waals surface area contributed by atoms with Gasteiger partial charge in [0.05, 0.1) is 17.2 Å². The van der Waals surface area contributed by atoms with Gasteiger partial charge >= 0.3 is 0 Å². The molecule has 0 unspecified atom stereocenters. The maximum Gasteiger partial charge on any atom is 0.180 e. The predicted molar refractivity (Wildman–Crippen MR) is 126 cm³/mol. The van der Waals surface area contributed by atoms with Gasteiger partial charge in [-0.1, -0.05) is 35.4 Å². The molecule has 0 atom stereocenters. The quantitative estimate of drug-likeness (QED) is 0.475. The smallest absolute Gasteiger partial charge is 0.180 e. The summed E-state index contributed by atoms with van der Waals surface area (Å²) in [5, 5.41) is 6.21. The average molecular weight is 465 g/mol. The molecule has 0 bridgehead atoms. The van der Waals surface area contributed by atoms with Gasteiger partial charge in [-0.25, -0.2) is 8.42 Å². The SMILES string of the molecule is Cc1ccc(NC(=S)N(CCS(=O)(=O)c2ccc(Cl)cc2)Cc2cccs2)cc1. The molecule has 2 aromatic carbocycles. The first-order valence-corrected chi connectivity index (χ1v) is 12.3. The topological polar surface area (TPSA) is 49.4 Å². The van der Waals surface area contributed by atoms with Crippen LogP contribution in [0.3, 0.4) is 0 Å². The van der Waals surface area contributed by atoms with Gasteiger partial charge in [0.15, 0.2) is 14.9 Å². The van der Waals surface area contributed by atoms with Crippen molar-refractivity contribution in [2.45, 2.75) is 18.4 Å². The van der Waals surface area contributed by atoms with E-state index in [2.05, 4.69) is 5.32 Å². The summed E-state index contributed by atoms with van der Waals surface area (Å²) in [6.45, 7) is 2.85. The van der Waals surface area contributed by atoms with E-state index in [0.29, 0.717) is 16.7 Å². The van der Waals surface area contributed by atoms with Gasteiger partial charge in [-0.3, -0.25) is 0 Å². The molecule has 1 aromatic heterocycles. The highest BCUT2D eigenvalue weighted by atomic mass is 35.5. The monoisotopic (exact) mass is 464 g/mol. The molecule has 8 heteroatoms. The van der Waals surface area contributed by atoms with E-state index in [0.717, 1.165) is 16.1 Å². The lowest BCUT2D eigenvalue weighted by Gasteiger charge is -2.25. The van der Waals surface area contributed by atoms with Crippen molar-refractivity contribution in [2.75, 3.05) is 17.6 Å². The number of sulfone groups is 1. The Balaban J connectivity index is 1.73. The van der Waals surface area contributed by atoms with Crippen molar-refractivity contribution in [2.24, 2.45) is 0 Å². The van der Waals surface area contributed by atoms with Crippen molar-refractivity contribution >= 4 is 55.8 Å². The highest BCUT2D eigenvalue weighted by Gasteiger charge is 2.19. The average Bonchev–Trinajstić information content (AvgIpc) is 3.20. The van der Waals surface area contributed by atoms with E-state index in [1.165, 1.54) is 12.1 Å². The first-order chi connectivity index (χ1) is 13.8. The number of anilines is 1. The van der Waals surface area contributed by atoms with Crippen molar-refractivity contribution in [3.05, 3.63) is 81.5 Å². The van der Waals surface area contributed by atoms with Gasteiger partial charge in [-0.15, -0.1) is 11.3 Å². The number of hydrogen-bond acceptors (Lipinski definition) is 4. The lowest BCUT2D eigenvalue weighted by Crippen LogP contribution is -2.37. The zero-order valence-corrected chi connectivity index (χ0v) is 19.0. The van der Waals surface area contributed by atoms with Crippen molar-refractivity contribution in [3.8, 4) is 0 Å².